The van der Waals surface area contributed by atoms with E-state index in [0.717, 1.165) is 40.7 Å². The molecule has 0 radical (unpaired) electrons. The Morgan fingerprint density at radius 1 is 1.11 bits per heavy atom. The minimum absolute atomic E-state index is 0.300. The van der Waals surface area contributed by atoms with E-state index in [0.29, 0.717) is 18.6 Å². The van der Waals surface area contributed by atoms with E-state index in [9.17, 15) is 0 Å². The predicted molar refractivity (Wildman–Crippen MR) is 109 cm³/mol. The molecule has 140 valence electrons. The van der Waals surface area contributed by atoms with Crippen molar-refractivity contribution in [2.75, 3.05) is 18.5 Å². The number of hydrogen-bond acceptors (Lipinski definition) is 7. The Hall–Kier alpha value is -3.10. The molecule has 5 rings (SSSR count). The number of benzene rings is 1. The van der Waals surface area contributed by atoms with Gasteiger partial charge in [-0.05, 0) is 12.5 Å². The molecule has 0 amide bonds. The highest BCUT2D eigenvalue weighted by atomic mass is 32.1. The fourth-order valence-corrected chi connectivity index (χ4v) is 3.95. The predicted octanol–water partition coefficient (Wildman–Crippen LogP) is 4.17. The van der Waals surface area contributed by atoms with E-state index in [2.05, 4.69) is 32.5 Å². The molecule has 1 aliphatic rings. The summed E-state index contributed by atoms with van der Waals surface area (Å²) in [5.41, 5.74) is 3.59. The second-order valence-electron chi connectivity index (χ2n) is 6.52. The smallest absolute Gasteiger partial charge is 0.227 e. The van der Waals surface area contributed by atoms with Crippen LogP contribution in [-0.4, -0.2) is 37.9 Å². The Labute approximate surface area is 166 Å². The average molecular weight is 390 g/mol. The summed E-state index contributed by atoms with van der Waals surface area (Å²) in [5.74, 6) is 0.522. The molecule has 7 nitrogen and oxygen atoms in total. The van der Waals surface area contributed by atoms with Crippen molar-refractivity contribution in [1.29, 1.82) is 0 Å². The molecule has 1 saturated heterocycles. The Morgan fingerprint density at radius 2 is 2.04 bits per heavy atom. The quantitative estimate of drug-likeness (QED) is 0.551. The molecule has 3 aromatic heterocycles. The summed E-state index contributed by atoms with van der Waals surface area (Å²) in [4.78, 5) is 13.7. The lowest BCUT2D eigenvalue weighted by Crippen LogP contribution is -2.08. The fraction of sp³-hybridized carbons (Fsp3) is 0.200. The molecule has 28 heavy (non-hydrogen) atoms. The maximum atomic E-state index is 5.43. The molecule has 1 atom stereocenters. The van der Waals surface area contributed by atoms with E-state index in [1.54, 1.807) is 23.7 Å². The summed E-state index contributed by atoms with van der Waals surface area (Å²) >= 11 is 1.61. The van der Waals surface area contributed by atoms with Gasteiger partial charge in [0.05, 0.1) is 30.2 Å². The van der Waals surface area contributed by atoms with Gasteiger partial charge in [0, 0.05) is 29.9 Å². The first kappa shape index (κ1) is 17.0. The van der Waals surface area contributed by atoms with Gasteiger partial charge in [0.25, 0.3) is 0 Å². The molecule has 1 unspecified atom stereocenters. The van der Waals surface area contributed by atoms with Crippen molar-refractivity contribution < 1.29 is 4.74 Å². The number of ether oxygens (including phenoxy) is 1. The van der Waals surface area contributed by atoms with Crippen LogP contribution in [-0.2, 0) is 4.74 Å². The number of aromatic nitrogens is 5. The van der Waals surface area contributed by atoms with Crippen molar-refractivity contribution in [2.24, 2.45) is 0 Å². The van der Waals surface area contributed by atoms with E-state index < -0.39 is 0 Å². The summed E-state index contributed by atoms with van der Waals surface area (Å²) in [6.45, 7) is 1.50. The monoisotopic (exact) mass is 390 g/mol. The number of nitrogens with one attached hydrogen (secondary N) is 1. The molecular formula is C20H18N6OS. The van der Waals surface area contributed by atoms with Crippen LogP contribution in [0.2, 0.25) is 0 Å². The van der Waals surface area contributed by atoms with E-state index in [1.807, 2.05) is 40.5 Å². The van der Waals surface area contributed by atoms with Gasteiger partial charge in [-0.15, -0.1) is 11.3 Å². The lowest BCUT2D eigenvalue weighted by molar-refractivity contribution is 0.184. The first-order valence-corrected chi connectivity index (χ1v) is 9.96. The largest absolute Gasteiger partial charge is 0.379 e. The zero-order valence-corrected chi connectivity index (χ0v) is 15.8. The van der Waals surface area contributed by atoms with E-state index in [-0.39, 0.29) is 0 Å². The van der Waals surface area contributed by atoms with Gasteiger partial charge in [0.1, 0.15) is 10.7 Å². The fourth-order valence-electron chi connectivity index (χ4n) is 3.13. The highest BCUT2D eigenvalue weighted by Crippen LogP contribution is 2.28. The normalized spacial score (nSPS) is 16.4. The summed E-state index contributed by atoms with van der Waals surface area (Å²) in [7, 11) is 0. The van der Waals surface area contributed by atoms with Crippen LogP contribution in [0.15, 0.2) is 60.4 Å². The van der Waals surface area contributed by atoms with Gasteiger partial charge in [-0.2, -0.15) is 5.10 Å². The lowest BCUT2D eigenvalue weighted by Gasteiger charge is -2.07. The van der Waals surface area contributed by atoms with Gasteiger partial charge >= 0.3 is 0 Å². The van der Waals surface area contributed by atoms with Crippen LogP contribution in [0.25, 0.3) is 22.0 Å². The average Bonchev–Trinajstić information content (AvgIpc) is 3.50. The van der Waals surface area contributed by atoms with Gasteiger partial charge in [-0.25, -0.2) is 15.0 Å². The molecule has 0 bridgehead atoms. The van der Waals surface area contributed by atoms with Crippen LogP contribution >= 0.6 is 11.3 Å². The standard InChI is InChI=1S/C20H18N6OS/c1-2-4-14(5-3-1)19-24-18(13-28-19)17-6-8-21-20(25-17)23-15-10-22-26(11-15)16-7-9-27-12-16/h1-6,8,10-11,13,16H,7,9,12H2,(H,21,23,25). The molecule has 1 aliphatic heterocycles. The van der Waals surface area contributed by atoms with Crippen LogP contribution in [0.3, 0.4) is 0 Å². The third-order valence-corrected chi connectivity index (χ3v) is 5.47. The molecule has 0 saturated carbocycles. The van der Waals surface area contributed by atoms with Gasteiger partial charge in [-0.1, -0.05) is 30.3 Å². The van der Waals surface area contributed by atoms with Gasteiger partial charge in [0.15, 0.2) is 0 Å². The molecule has 1 N–H and O–H groups in total. The van der Waals surface area contributed by atoms with Crippen molar-refractivity contribution in [1.82, 2.24) is 24.7 Å². The molecule has 4 aromatic rings. The van der Waals surface area contributed by atoms with Crippen LogP contribution in [0.1, 0.15) is 12.5 Å². The van der Waals surface area contributed by atoms with Crippen molar-refractivity contribution >= 4 is 23.0 Å². The topological polar surface area (TPSA) is 77.8 Å². The van der Waals surface area contributed by atoms with Crippen molar-refractivity contribution in [3.8, 4) is 22.0 Å². The zero-order chi connectivity index (χ0) is 18.8. The minimum atomic E-state index is 0.300. The molecule has 1 fully saturated rings. The highest BCUT2D eigenvalue weighted by molar-refractivity contribution is 7.13. The maximum absolute atomic E-state index is 5.43. The number of anilines is 2. The Morgan fingerprint density at radius 3 is 2.89 bits per heavy atom. The van der Waals surface area contributed by atoms with Crippen molar-refractivity contribution in [3.05, 3.63) is 60.4 Å². The summed E-state index contributed by atoms with van der Waals surface area (Å²) in [6.07, 6.45) is 6.47. The van der Waals surface area contributed by atoms with Crippen LogP contribution in [0.4, 0.5) is 11.6 Å². The van der Waals surface area contributed by atoms with E-state index >= 15 is 0 Å². The molecular weight excluding hydrogens is 372 g/mol. The van der Waals surface area contributed by atoms with Gasteiger partial charge in [-0.3, -0.25) is 4.68 Å². The third kappa shape index (κ3) is 3.51. The highest BCUT2D eigenvalue weighted by Gasteiger charge is 2.18. The van der Waals surface area contributed by atoms with Crippen molar-refractivity contribution in [3.63, 3.8) is 0 Å². The molecule has 0 spiro atoms. The number of thiazole rings is 1. The first-order valence-electron chi connectivity index (χ1n) is 9.08. The summed E-state index contributed by atoms with van der Waals surface area (Å²) in [5, 5.41) is 10.6. The van der Waals surface area contributed by atoms with E-state index in [4.69, 9.17) is 9.72 Å². The first-order chi connectivity index (χ1) is 13.8. The Balaban J connectivity index is 1.35. The summed E-state index contributed by atoms with van der Waals surface area (Å²) in [6, 6.07) is 12.3. The number of rotatable bonds is 5. The molecule has 1 aromatic carbocycles. The van der Waals surface area contributed by atoms with Crippen LogP contribution in [0, 0.1) is 0 Å². The maximum Gasteiger partial charge on any atom is 0.227 e. The second-order valence-corrected chi connectivity index (χ2v) is 7.38. The third-order valence-electron chi connectivity index (χ3n) is 4.58. The molecule has 0 aliphatic carbocycles. The Kier molecular flexibility index (Phi) is 4.56. The summed E-state index contributed by atoms with van der Waals surface area (Å²) < 4.78 is 7.36. The van der Waals surface area contributed by atoms with Gasteiger partial charge in [0.2, 0.25) is 5.95 Å². The number of hydrogen-bond donors (Lipinski definition) is 1. The minimum Gasteiger partial charge on any atom is -0.379 e. The SMILES string of the molecule is c1ccc(-c2nc(-c3ccnc(Nc4cnn(C5CCOC5)c4)n3)cs2)cc1. The molecule has 4 heterocycles. The second kappa shape index (κ2) is 7.49. The van der Waals surface area contributed by atoms with Crippen LogP contribution in [0.5, 0.6) is 0 Å². The van der Waals surface area contributed by atoms with Crippen molar-refractivity contribution in [2.45, 2.75) is 12.5 Å². The van der Waals surface area contributed by atoms with Crippen LogP contribution < -0.4 is 5.32 Å². The van der Waals surface area contributed by atoms with Gasteiger partial charge < -0.3 is 10.1 Å². The Bertz CT molecular complexity index is 1070. The number of nitrogens with zero attached hydrogens (tertiary/aromatic N) is 5. The lowest BCUT2D eigenvalue weighted by atomic mass is 10.2. The van der Waals surface area contributed by atoms with E-state index in [1.165, 1.54) is 0 Å². The zero-order valence-electron chi connectivity index (χ0n) is 15.0. The molecule has 8 heteroatoms.